The van der Waals surface area contributed by atoms with Crippen LogP contribution in [0.4, 0.5) is 23.2 Å². The lowest BCUT2D eigenvalue weighted by molar-refractivity contribution is -0.140. The molecule has 0 saturated carbocycles. The molecule has 0 spiro atoms. The van der Waals surface area contributed by atoms with Gasteiger partial charge in [0, 0.05) is 11.3 Å². The van der Waals surface area contributed by atoms with E-state index in [-0.39, 0.29) is 16.2 Å². The van der Waals surface area contributed by atoms with Crippen molar-refractivity contribution < 1.29 is 26.6 Å². The Hall–Kier alpha value is -2.35. The zero-order chi connectivity index (χ0) is 17.8. The average molecular weight is 346 g/mol. The second-order valence-corrected chi connectivity index (χ2v) is 5.48. The Bertz CT molecular complexity index is 753. The number of hydrogen-bond acceptors (Lipinski definition) is 3. The number of hydrogen-bond donors (Lipinski definition) is 1. The van der Waals surface area contributed by atoms with E-state index in [0.29, 0.717) is 12.1 Å². The number of amides is 1. The first-order chi connectivity index (χ1) is 10.6. The summed E-state index contributed by atoms with van der Waals surface area (Å²) in [5, 5.41) is 2.17. The van der Waals surface area contributed by atoms with Crippen molar-refractivity contribution in [2.24, 2.45) is 0 Å². The van der Waals surface area contributed by atoms with Gasteiger partial charge in [0.2, 0.25) is 0 Å². The molecule has 1 N–H and O–H groups in total. The van der Waals surface area contributed by atoms with E-state index in [1.807, 2.05) is 0 Å². The van der Waals surface area contributed by atoms with Gasteiger partial charge >= 0.3 is 6.18 Å². The maximum atomic E-state index is 13.2. The van der Waals surface area contributed by atoms with Crippen LogP contribution < -0.4 is 5.32 Å². The van der Waals surface area contributed by atoms with Gasteiger partial charge in [-0.3, -0.25) is 15.2 Å². The van der Waals surface area contributed by atoms with E-state index in [1.54, 1.807) is 0 Å². The van der Waals surface area contributed by atoms with E-state index >= 15 is 0 Å². The van der Waals surface area contributed by atoms with E-state index in [2.05, 4.69) is 24.3 Å². The van der Waals surface area contributed by atoms with Gasteiger partial charge in [0.1, 0.15) is 5.82 Å². The summed E-state index contributed by atoms with van der Waals surface area (Å²) >= 11 is 0. The largest absolute Gasteiger partial charge is 0.457 e. The predicted molar refractivity (Wildman–Crippen MR) is 82.6 cm³/mol. The Morgan fingerprint density at radius 2 is 1.91 bits per heavy atom. The topological polar surface area (TPSA) is 46.2 Å². The highest BCUT2D eigenvalue weighted by molar-refractivity contribution is 7.86. The molecule has 1 amide bonds. The molecular formula is C15H12F4NO2S-. The first kappa shape index (κ1) is 18.7. The number of alkyl halides is 3. The Balaban J connectivity index is 3.10. The predicted octanol–water partition coefficient (Wildman–Crippen LogP) is 3.80. The molecule has 1 aromatic carbocycles. The molecule has 0 radical (unpaired) electrons. The van der Waals surface area contributed by atoms with Crippen LogP contribution >= 0.6 is 0 Å². The number of carbonyl (C=O) groups is 1. The Labute approximate surface area is 132 Å². The van der Waals surface area contributed by atoms with Crippen molar-refractivity contribution in [2.75, 3.05) is 5.32 Å². The van der Waals surface area contributed by atoms with Crippen LogP contribution in [0.2, 0.25) is 0 Å². The fraction of sp³-hybridized carbons (Fsp3) is 0.0667. The molecule has 8 heteroatoms. The molecule has 0 heterocycles. The summed E-state index contributed by atoms with van der Waals surface area (Å²) < 4.78 is 62.1. The van der Waals surface area contributed by atoms with Crippen LogP contribution in [0, 0.1) is 5.82 Å². The molecule has 0 aromatic heterocycles. The van der Waals surface area contributed by atoms with Crippen LogP contribution in [-0.4, -0.2) is 11.8 Å². The maximum Gasteiger partial charge on any atom is 0.419 e. The second kappa shape index (κ2) is 7.28. The molecule has 1 aromatic rings. The summed E-state index contributed by atoms with van der Waals surface area (Å²) in [6.07, 6.45) is -2.64. The van der Waals surface area contributed by atoms with Crippen molar-refractivity contribution in [3.8, 4) is 0 Å². The standard InChI is InChI=1S/C15H12F4NO2S/c1-4-10(7-9(2)23(3)22)14(21)20-11-5-6-13(16)12(8-11)15(17,18)19/h4-8H,1-3H2,(H,20,21)/q-1/b10-7+. The summed E-state index contributed by atoms with van der Waals surface area (Å²) in [5.74, 6) is 0.951. The zero-order valence-electron chi connectivity index (χ0n) is 11.7. The SMILES string of the molecule is C=C/C(=C\C(=C)[S-](=C)=O)C(=O)Nc1ccc(F)c(C(F)(F)F)c1. The third kappa shape index (κ3) is 5.10. The minimum atomic E-state index is -4.89. The quantitative estimate of drug-likeness (QED) is 0.290. The molecule has 3 nitrogen and oxygen atoms in total. The molecule has 0 fully saturated rings. The number of benzene rings is 1. The first-order valence-corrected chi connectivity index (χ1v) is 7.30. The molecule has 0 aliphatic rings. The lowest BCUT2D eigenvalue weighted by atomic mass is 10.1. The molecule has 0 aliphatic heterocycles. The van der Waals surface area contributed by atoms with Crippen LogP contribution in [0.1, 0.15) is 5.56 Å². The highest BCUT2D eigenvalue weighted by Crippen LogP contribution is 2.33. The molecule has 0 unspecified atom stereocenters. The van der Waals surface area contributed by atoms with Gasteiger partial charge in [0.05, 0.1) is 5.56 Å². The number of anilines is 1. The monoisotopic (exact) mass is 346 g/mol. The van der Waals surface area contributed by atoms with Gasteiger partial charge in [-0.25, -0.2) is 4.39 Å². The van der Waals surface area contributed by atoms with E-state index in [4.69, 9.17) is 0 Å². The molecule has 0 bridgehead atoms. The van der Waals surface area contributed by atoms with E-state index in [0.717, 1.165) is 18.2 Å². The lowest BCUT2D eigenvalue weighted by Crippen LogP contribution is -2.15. The van der Waals surface area contributed by atoms with Gasteiger partial charge in [0.15, 0.2) is 0 Å². The van der Waals surface area contributed by atoms with Gasteiger partial charge in [0.25, 0.3) is 5.91 Å². The highest BCUT2D eigenvalue weighted by atomic mass is 32.2. The van der Waals surface area contributed by atoms with Crippen molar-refractivity contribution in [3.05, 3.63) is 65.4 Å². The first-order valence-electron chi connectivity index (χ1n) is 5.99. The maximum absolute atomic E-state index is 13.2. The van der Waals surface area contributed by atoms with Crippen LogP contribution in [0.25, 0.3) is 0 Å². The molecule has 23 heavy (non-hydrogen) atoms. The molecule has 124 valence electrons. The molecular weight excluding hydrogens is 334 g/mol. The summed E-state index contributed by atoms with van der Waals surface area (Å²) in [6, 6.07) is 2.06. The van der Waals surface area contributed by atoms with Gasteiger partial charge in [-0.1, -0.05) is 18.7 Å². The molecule has 0 saturated heterocycles. The normalized spacial score (nSPS) is 12.1. The Morgan fingerprint density at radius 1 is 1.30 bits per heavy atom. The van der Waals surface area contributed by atoms with E-state index in [9.17, 15) is 26.6 Å². The molecule has 0 atom stereocenters. The van der Waals surface area contributed by atoms with Gasteiger partial charge < -0.3 is 9.53 Å². The third-order valence-electron chi connectivity index (χ3n) is 2.62. The number of carbonyl (C=O) groups excluding carboxylic acids is 1. The second-order valence-electron chi connectivity index (χ2n) is 4.26. The Morgan fingerprint density at radius 3 is 2.39 bits per heavy atom. The van der Waals surface area contributed by atoms with Crippen LogP contribution in [0.3, 0.4) is 0 Å². The van der Waals surface area contributed by atoms with Crippen LogP contribution in [0.5, 0.6) is 0 Å². The van der Waals surface area contributed by atoms with E-state index < -0.39 is 33.9 Å². The summed E-state index contributed by atoms with van der Waals surface area (Å²) in [4.78, 5) is 12.0. The summed E-state index contributed by atoms with van der Waals surface area (Å²) in [6.45, 7) is 6.80. The minimum Gasteiger partial charge on any atom is -0.457 e. The minimum absolute atomic E-state index is 0.0325. The summed E-state index contributed by atoms with van der Waals surface area (Å²) in [5.41, 5.74) is -1.83. The Kier molecular flexibility index (Phi) is 5.91. The van der Waals surface area contributed by atoms with Crippen LogP contribution in [-0.2, 0) is 25.6 Å². The van der Waals surface area contributed by atoms with E-state index in [1.165, 1.54) is 0 Å². The number of allylic oxidation sites excluding steroid dienone is 1. The summed E-state index contributed by atoms with van der Waals surface area (Å²) in [7, 11) is -1.66. The zero-order valence-corrected chi connectivity index (χ0v) is 12.6. The lowest BCUT2D eigenvalue weighted by Gasteiger charge is -2.12. The van der Waals surface area contributed by atoms with Gasteiger partial charge in [-0.15, -0.1) is 11.5 Å². The number of nitrogens with one attached hydrogen (secondary N) is 1. The fourth-order valence-corrected chi connectivity index (χ4v) is 1.74. The van der Waals surface area contributed by atoms with Gasteiger partial charge in [-0.05, 0) is 18.2 Å². The van der Waals surface area contributed by atoms with Crippen molar-refractivity contribution >= 4 is 27.9 Å². The van der Waals surface area contributed by atoms with Crippen molar-refractivity contribution in [1.29, 1.82) is 0 Å². The van der Waals surface area contributed by atoms with Crippen LogP contribution in [0.15, 0.2) is 54.0 Å². The van der Waals surface area contributed by atoms with Crippen molar-refractivity contribution in [1.82, 2.24) is 0 Å². The molecule has 0 aliphatic carbocycles. The number of halogens is 4. The number of rotatable bonds is 5. The highest BCUT2D eigenvalue weighted by Gasteiger charge is 2.34. The smallest absolute Gasteiger partial charge is 0.419 e. The molecule has 1 rings (SSSR count). The fourth-order valence-electron chi connectivity index (χ4n) is 1.48. The van der Waals surface area contributed by atoms with Crippen molar-refractivity contribution in [2.45, 2.75) is 6.18 Å². The van der Waals surface area contributed by atoms with Gasteiger partial charge in [-0.2, -0.15) is 19.0 Å². The van der Waals surface area contributed by atoms with Crippen molar-refractivity contribution in [3.63, 3.8) is 0 Å². The average Bonchev–Trinajstić information content (AvgIpc) is 2.44. The third-order valence-corrected chi connectivity index (χ3v) is 3.32.